The van der Waals surface area contributed by atoms with Crippen LogP contribution in [-0.2, 0) is 16.0 Å². The minimum atomic E-state index is -1.12. The average molecular weight is 362 g/mol. The Morgan fingerprint density at radius 1 is 1.31 bits per heavy atom. The third-order valence-electron chi connectivity index (χ3n) is 3.62. The zero-order chi connectivity index (χ0) is 19.3. The standard InChI is InChI=1S/C19H26N2O5/c1-5-8-25-13-6-7-15-14(10-13)12(11-20-15)9-16(17(22)23)21-18(24)26-19(2,3)4/h6-7,10-11,16,20H,5,8-9H2,1-4H3,(H,21,24)(H,22,23)/t16-/m1/s1. The molecule has 2 aromatic rings. The molecule has 1 aromatic carbocycles. The highest BCUT2D eigenvalue weighted by Crippen LogP contribution is 2.25. The molecule has 1 atom stereocenters. The van der Waals surface area contributed by atoms with Crippen molar-refractivity contribution in [1.29, 1.82) is 0 Å². The number of H-pyrrole nitrogens is 1. The number of hydrogen-bond acceptors (Lipinski definition) is 4. The molecule has 0 aliphatic rings. The Labute approximate surface area is 152 Å². The lowest BCUT2D eigenvalue weighted by Gasteiger charge is -2.22. The number of aromatic amines is 1. The van der Waals surface area contributed by atoms with E-state index in [1.807, 2.05) is 25.1 Å². The van der Waals surface area contributed by atoms with Gasteiger partial charge >= 0.3 is 12.1 Å². The maximum Gasteiger partial charge on any atom is 0.408 e. The molecule has 0 bridgehead atoms. The Morgan fingerprint density at radius 2 is 2.04 bits per heavy atom. The fraction of sp³-hybridized carbons (Fsp3) is 0.474. The van der Waals surface area contributed by atoms with Crippen molar-refractivity contribution in [2.24, 2.45) is 0 Å². The van der Waals surface area contributed by atoms with Gasteiger partial charge in [0.25, 0.3) is 0 Å². The molecule has 1 heterocycles. The summed E-state index contributed by atoms with van der Waals surface area (Å²) in [4.78, 5) is 26.6. The SMILES string of the molecule is CCCOc1ccc2[nH]cc(C[C@@H](NC(=O)OC(C)(C)C)C(=O)O)c2c1. The van der Waals surface area contributed by atoms with Crippen LogP contribution in [0.3, 0.4) is 0 Å². The van der Waals surface area contributed by atoms with E-state index in [4.69, 9.17) is 9.47 Å². The van der Waals surface area contributed by atoms with Crippen molar-refractivity contribution in [2.45, 2.75) is 52.2 Å². The topological polar surface area (TPSA) is 101 Å². The van der Waals surface area contributed by atoms with E-state index in [0.29, 0.717) is 6.61 Å². The van der Waals surface area contributed by atoms with Crippen LogP contribution in [0.1, 0.15) is 39.7 Å². The lowest BCUT2D eigenvalue weighted by Crippen LogP contribution is -2.44. The number of carbonyl (C=O) groups excluding carboxylic acids is 1. The van der Waals surface area contributed by atoms with Crippen molar-refractivity contribution < 1.29 is 24.2 Å². The zero-order valence-corrected chi connectivity index (χ0v) is 15.6. The number of aliphatic carboxylic acids is 1. The number of amides is 1. The van der Waals surface area contributed by atoms with E-state index >= 15 is 0 Å². The zero-order valence-electron chi connectivity index (χ0n) is 15.6. The van der Waals surface area contributed by atoms with E-state index in [-0.39, 0.29) is 6.42 Å². The van der Waals surface area contributed by atoms with Crippen LogP contribution in [0.15, 0.2) is 24.4 Å². The number of benzene rings is 1. The molecule has 142 valence electrons. The monoisotopic (exact) mass is 362 g/mol. The molecular weight excluding hydrogens is 336 g/mol. The van der Waals surface area contributed by atoms with Gasteiger partial charge in [-0.05, 0) is 51.0 Å². The highest BCUT2D eigenvalue weighted by molar-refractivity contribution is 5.86. The van der Waals surface area contributed by atoms with Crippen molar-refractivity contribution in [2.75, 3.05) is 6.61 Å². The summed E-state index contributed by atoms with van der Waals surface area (Å²) in [5.74, 6) is -0.393. The van der Waals surface area contributed by atoms with Gasteiger partial charge in [-0.25, -0.2) is 9.59 Å². The van der Waals surface area contributed by atoms with Crippen molar-refractivity contribution >= 4 is 23.0 Å². The number of aromatic nitrogens is 1. The van der Waals surface area contributed by atoms with E-state index in [2.05, 4.69) is 10.3 Å². The average Bonchev–Trinajstić information content (AvgIpc) is 2.92. The van der Waals surface area contributed by atoms with Crippen LogP contribution in [0.5, 0.6) is 5.75 Å². The predicted molar refractivity (Wildman–Crippen MR) is 98.6 cm³/mol. The molecule has 7 nitrogen and oxygen atoms in total. The number of nitrogens with one attached hydrogen (secondary N) is 2. The lowest BCUT2D eigenvalue weighted by atomic mass is 10.0. The first kappa shape index (κ1) is 19.6. The molecule has 1 aromatic heterocycles. The van der Waals surface area contributed by atoms with Gasteiger partial charge in [-0.3, -0.25) is 0 Å². The van der Waals surface area contributed by atoms with Crippen LogP contribution < -0.4 is 10.1 Å². The number of fused-ring (bicyclic) bond motifs is 1. The smallest absolute Gasteiger partial charge is 0.408 e. The van der Waals surface area contributed by atoms with E-state index in [1.54, 1.807) is 27.0 Å². The van der Waals surface area contributed by atoms with Crippen molar-refractivity contribution in [3.63, 3.8) is 0 Å². The summed E-state index contributed by atoms with van der Waals surface area (Å²) in [6, 6.07) is 4.54. The largest absolute Gasteiger partial charge is 0.494 e. The quantitative estimate of drug-likeness (QED) is 0.700. The molecule has 0 unspecified atom stereocenters. The highest BCUT2D eigenvalue weighted by Gasteiger charge is 2.25. The molecule has 0 aliphatic heterocycles. The van der Waals surface area contributed by atoms with Gasteiger partial charge in [0, 0.05) is 23.5 Å². The third-order valence-corrected chi connectivity index (χ3v) is 3.62. The van der Waals surface area contributed by atoms with Gasteiger partial charge in [-0.15, -0.1) is 0 Å². The minimum absolute atomic E-state index is 0.131. The molecule has 1 amide bonds. The van der Waals surface area contributed by atoms with Crippen LogP contribution in [0.25, 0.3) is 10.9 Å². The maximum absolute atomic E-state index is 11.9. The van der Waals surface area contributed by atoms with Gasteiger partial charge in [-0.2, -0.15) is 0 Å². The summed E-state index contributed by atoms with van der Waals surface area (Å²) in [5, 5.41) is 12.7. The summed E-state index contributed by atoms with van der Waals surface area (Å²) >= 11 is 0. The number of ether oxygens (including phenoxy) is 2. The Balaban J connectivity index is 2.17. The second kappa shape index (κ2) is 8.12. The maximum atomic E-state index is 11.9. The highest BCUT2D eigenvalue weighted by atomic mass is 16.6. The predicted octanol–water partition coefficient (Wildman–Crippen LogP) is 3.48. The van der Waals surface area contributed by atoms with Crippen LogP contribution in [0.2, 0.25) is 0 Å². The number of carbonyl (C=O) groups is 2. The van der Waals surface area contributed by atoms with Gasteiger partial charge in [-0.1, -0.05) is 6.92 Å². The van der Waals surface area contributed by atoms with Crippen LogP contribution in [0, 0.1) is 0 Å². The molecule has 2 rings (SSSR count). The van der Waals surface area contributed by atoms with E-state index < -0.39 is 23.7 Å². The molecule has 0 saturated heterocycles. The summed E-state index contributed by atoms with van der Waals surface area (Å²) in [5.41, 5.74) is 0.968. The Hall–Kier alpha value is -2.70. The van der Waals surface area contributed by atoms with Crippen LogP contribution in [-0.4, -0.2) is 40.4 Å². The first-order valence-electron chi connectivity index (χ1n) is 8.64. The number of hydrogen-bond donors (Lipinski definition) is 3. The lowest BCUT2D eigenvalue weighted by molar-refractivity contribution is -0.139. The normalized spacial score (nSPS) is 12.6. The first-order valence-corrected chi connectivity index (χ1v) is 8.64. The number of carboxylic acids is 1. The van der Waals surface area contributed by atoms with E-state index in [1.165, 1.54) is 0 Å². The Morgan fingerprint density at radius 3 is 2.65 bits per heavy atom. The molecule has 7 heteroatoms. The second-order valence-corrected chi connectivity index (χ2v) is 7.11. The van der Waals surface area contributed by atoms with Gasteiger partial charge in [0.05, 0.1) is 6.61 Å². The minimum Gasteiger partial charge on any atom is -0.494 e. The molecular formula is C19H26N2O5. The molecule has 0 radical (unpaired) electrons. The molecule has 3 N–H and O–H groups in total. The first-order chi connectivity index (χ1) is 12.2. The third kappa shape index (κ3) is 5.40. The van der Waals surface area contributed by atoms with Gasteiger partial charge < -0.3 is 24.9 Å². The van der Waals surface area contributed by atoms with E-state index in [0.717, 1.165) is 28.6 Å². The summed E-state index contributed by atoms with van der Waals surface area (Å²) < 4.78 is 10.8. The van der Waals surface area contributed by atoms with Crippen molar-refractivity contribution in [3.8, 4) is 5.75 Å². The summed E-state index contributed by atoms with van der Waals surface area (Å²) in [6.07, 6.45) is 2.03. The van der Waals surface area contributed by atoms with E-state index in [9.17, 15) is 14.7 Å². The molecule has 0 saturated carbocycles. The van der Waals surface area contributed by atoms with Crippen molar-refractivity contribution in [3.05, 3.63) is 30.0 Å². The molecule has 0 aliphatic carbocycles. The fourth-order valence-corrected chi connectivity index (χ4v) is 2.51. The fourth-order valence-electron chi connectivity index (χ4n) is 2.51. The number of rotatable bonds is 7. The second-order valence-electron chi connectivity index (χ2n) is 7.11. The molecule has 0 fully saturated rings. The number of alkyl carbamates (subject to hydrolysis) is 1. The van der Waals surface area contributed by atoms with Gasteiger partial charge in [0.2, 0.25) is 0 Å². The van der Waals surface area contributed by atoms with Crippen molar-refractivity contribution in [1.82, 2.24) is 10.3 Å². The van der Waals surface area contributed by atoms with Gasteiger partial charge in [0.15, 0.2) is 0 Å². The van der Waals surface area contributed by atoms with Crippen LogP contribution >= 0.6 is 0 Å². The van der Waals surface area contributed by atoms with Gasteiger partial charge in [0.1, 0.15) is 17.4 Å². The number of carboxylic acid groups (broad SMARTS) is 1. The Kier molecular flexibility index (Phi) is 6.13. The van der Waals surface area contributed by atoms with Crippen LogP contribution in [0.4, 0.5) is 4.79 Å². The summed E-state index contributed by atoms with van der Waals surface area (Å²) in [6.45, 7) is 7.81. The molecule has 0 spiro atoms. The Bertz CT molecular complexity index is 776. The molecule has 26 heavy (non-hydrogen) atoms. The summed E-state index contributed by atoms with van der Waals surface area (Å²) in [7, 11) is 0.